The number of aliphatic hydroxyl groups is 1. The van der Waals surface area contributed by atoms with Crippen LogP contribution in [0.2, 0.25) is 0 Å². The van der Waals surface area contributed by atoms with Crippen molar-refractivity contribution >= 4 is 22.9 Å². The molecule has 1 aromatic heterocycles. The van der Waals surface area contributed by atoms with E-state index in [-0.39, 0.29) is 30.1 Å². The van der Waals surface area contributed by atoms with Crippen LogP contribution in [0.15, 0.2) is 30.5 Å². The highest BCUT2D eigenvalue weighted by molar-refractivity contribution is 7.11. The summed E-state index contributed by atoms with van der Waals surface area (Å²) in [4.78, 5) is 32.8. The van der Waals surface area contributed by atoms with Gasteiger partial charge in [-0.05, 0) is 56.7 Å². The number of aromatic nitrogens is 1. The first-order valence-electron chi connectivity index (χ1n) is 13.1. The zero-order valence-electron chi connectivity index (χ0n) is 21.4. The molecule has 2 aromatic rings. The molecular formula is C28H35F3N2O3S. The predicted molar refractivity (Wildman–Crippen MR) is 137 cm³/mol. The van der Waals surface area contributed by atoms with Crippen LogP contribution in [0.25, 0.3) is 0 Å². The molecule has 5 nitrogen and oxygen atoms in total. The number of carbonyl (C=O) groups is 2. The molecule has 2 fully saturated rings. The zero-order valence-corrected chi connectivity index (χ0v) is 22.2. The van der Waals surface area contributed by atoms with Crippen LogP contribution >= 0.6 is 11.3 Å². The lowest BCUT2D eigenvalue weighted by Crippen LogP contribution is -2.41. The first-order chi connectivity index (χ1) is 17.4. The van der Waals surface area contributed by atoms with E-state index < -0.39 is 23.1 Å². The maximum atomic E-state index is 12.9. The third-order valence-corrected chi connectivity index (χ3v) is 9.24. The number of rotatable bonds is 9. The molecule has 0 spiro atoms. The van der Waals surface area contributed by atoms with Gasteiger partial charge in [-0.1, -0.05) is 26.0 Å². The quantitative estimate of drug-likeness (QED) is 0.378. The van der Waals surface area contributed by atoms with E-state index in [4.69, 9.17) is 0 Å². The molecule has 2 heterocycles. The van der Waals surface area contributed by atoms with Gasteiger partial charge in [0.15, 0.2) is 5.78 Å². The monoisotopic (exact) mass is 536 g/mol. The number of alkyl halides is 3. The zero-order chi connectivity index (χ0) is 26.8. The van der Waals surface area contributed by atoms with Crippen molar-refractivity contribution in [2.24, 2.45) is 5.92 Å². The van der Waals surface area contributed by atoms with Gasteiger partial charge in [0.2, 0.25) is 0 Å². The lowest BCUT2D eigenvalue weighted by atomic mass is 9.81. The van der Waals surface area contributed by atoms with Gasteiger partial charge in [0.25, 0.3) is 0 Å². The van der Waals surface area contributed by atoms with Crippen LogP contribution in [-0.4, -0.2) is 45.7 Å². The van der Waals surface area contributed by atoms with E-state index in [0.717, 1.165) is 54.4 Å². The number of carbonyl (C=O) groups excluding carboxylic acids is 2. The van der Waals surface area contributed by atoms with Crippen molar-refractivity contribution in [1.29, 1.82) is 0 Å². The summed E-state index contributed by atoms with van der Waals surface area (Å²) in [5.41, 5.74) is -1.67. The average molecular weight is 537 g/mol. The third-order valence-electron chi connectivity index (χ3n) is 7.75. The van der Waals surface area contributed by atoms with Crippen molar-refractivity contribution in [1.82, 2.24) is 9.88 Å². The Morgan fingerprint density at radius 2 is 1.92 bits per heavy atom. The summed E-state index contributed by atoms with van der Waals surface area (Å²) in [6, 6.07) is 4.76. The predicted octanol–water partition coefficient (Wildman–Crippen LogP) is 6.36. The van der Waals surface area contributed by atoms with Gasteiger partial charge >= 0.3 is 6.18 Å². The molecule has 37 heavy (non-hydrogen) atoms. The molecule has 1 saturated carbocycles. The number of benzene rings is 1. The first kappa shape index (κ1) is 27.9. The highest BCUT2D eigenvalue weighted by Gasteiger charge is 2.40. The van der Waals surface area contributed by atoms with Gasteiger partial charge in [0.1, 0.15) is 11.4 Å². The molecular weight excluding hydrogens is 501 g/mol. The number of halogens is 3. The summed E-state index contributed by atoms with van der Waals surface area (Å²) >= 11 is 1.61. The summed E-state index contributed by atoms with van der Waals surface area (Å²) < 4.78 is 38.7. The molecule has 1 N–H and O–H groups in total. The van der Waals surface area contributed by atoms with Crippen LogP contribution in [0, 0.1) is 5.92 Å². The Labute approximate surface area is 220 Å². The number of thiazole rings is 1. The van der Waals surface area contributed by atoms with Gasteiger partial charge in [0, 0.05) is 49.5 Å². The molecule has 0 radical (unpaired) electrons. The standard InChI is InChI=1S/C28H35F3N2O3S/c1-18(2)26-32-16-25(37-26)27(36)11-8-22(9-12-27)33-13-10-19(17-33)14-23(34)6-7-24(35)20-4-3-5-21(15-20)28(29,30)31/h3-5,15-16,18-19,22,36H,6-14,17H2,1-2H3/t19-,22?,27?/m0/s1. The van der Waals surface area contributed by atoms with Crippen molar-refractivity contribution in [3.05, 3.63) is 51.5 Å². The van der Waals surface area contributed by atoms with Crippen molar-refractivity contribution in [2.75, 3.05) is 13.1 Å². The van der Waals surface area contributed by atoms with Gasteiger partial charge < -0.3 is 10.0 Å². The molecule has 1 atom stereocenters. The van der Waals surface area contributed by atoms with Crippen LogP contribution in [0.5, 0.6) is 0 Å². The second-order valence-electron chi connectivity index (χ2n) is 10.9. The number of hydrogen-bond donors (Lipinski definition) is 1. The third kappa shape index (κ3) is 6.86. The lowest BCUT2D eigenvalue weighted by Gasteiger charge is -2.39. The molecule has 1 aromatic carbocycles. The Hall–Kier alpha value is -2.10. The Kier molecular flexibility index (Phi) is 8.55. The molecule has 0 amide bonds. The molecule has 1 aliphatic heterocycles. The van der Waals surface area contributed by atoms with Gasteiger partial charge in [-0.3, -0.25) is 9.59 Å². The fourth-order valence-corrected chi connectivity index (χ4v) is 6.58. The highest BCUT2D eigenvalue weighted by atomic mass is 32.1. The minimum Gasteiger partial charge on any atom is -0.384 e. The van der Waals surface area contributed by atoms with Crippen molar-refractivity contribution in [2.45, 2.75) is 89.0 Å². The maximum absolute atomic E-state index is 12.9. The molecule has 1 saturated heterocycles. The van der Waals surface area contributed by atoms with Crippen LogP contribution < -0.4 is 0 Å². The molecule has 0 bridgehead atoms. The van der Waals surface area contributed by atoms with E-state index >= 15 is 0 Å². The fraction of sp³-hybridized carbons (Fsp3) is 0.607. The Balaban J connectivity index is 1.21. The van der Waals surface area contributed by atoms with E-state index in [9.17, 15) is 27.9 Å². The number of Topliss-reactive ketones (excluding diaryl/α,β-unsaturated/α-hetero) is 2. The molecule has 0 unspecified atom stereocenters. The molecule has 9 heteroatoms. The smallest absolute Gasteiger partial charge is 0.384 e. The topological polar surface area (TPSA) is 70.5 Å². The summed E-state index contributed by atoms with van der Waals surface area (Å²) in [6.45, 7) is 5.95. The first-order valence-corrected chi connectivity index (χ1v) is 13.9. The minimum absolute atomic E-state index is 0.00863. The fourth-order valence-electron chi connectivity index (χ4n) is 5.51. The van der Waals surface area contributed by atoms with Gasteiger partial charge in [-0.25, -0.2) is 4.98 Å². The summed E-state index contributed by atoms with van der Waals surface area (Å²) in [6.07, 6.45) is 1.82. The minimum atomic E-state index is -4.50. The summed E-state index contributed by atoms with van der Waals surface area (Å²) in [5, 5.41) is 12.3. The molecule has 2 aliphatic rings. The Morgan fingerprint density at radius 1 is 1.19 bits per heavy atom. The van der Waals surface area contributed by atoms with Gasteiger partial charge in [-0.15, -0.1) is 11.3 Å². The van der Waals surface area contributed by atoms with Crippen LogP contribution in [0.3, 0.4) is 0 Å². The van der Waals surface area contributed by atoms with Crippen LogP contribution in [0.4, 0.5) is 13.2 Å². The number of likely N-dealkylation sites (tertiary alicyclic amines) is 1. The number of hydrogen-bond acceptors (Lipinski definition) is 6. The Bertz CT molecular complexity index is 1110. The SMILES string of the molecule is CC(C)c1ncc(C2(O)CCC(N3CC[C@@H](CC(=O)CCC(=O)c4cccc(C(F)(F)F)c4)C3)CC2)s1. The van der Waals surface area contributed by atoms with Crippen LogP contribution in [0.1, 0.15) is 96.9 Å². The maximum Gasteiger partial charge on any atom is 0.416 e. The highest BCUT2D eigenvalue weighted by Crippen LogP contribution is 2.42. The lowest BCUT2D eigenvalue weighted by molar-refractivity contribution is -0.137. The largest absolute Gasteiger partial charge is 0.416 e. The summed E-state index contributed by atoms with van der Waals surface area (Å²) in [5.74, 6) is 0.119. The van der Waals surface area contributed by atoms with E-state index in [1.165, 1.54) is 12.1 Å². The van der Waals surface area contributed by atoms with Crippen molar-refractivity contribution in [3.8, 4) is 0 Å². The Morgan fingerprint density at radius 3 is 2.57 bits per heavy atom. The van der Waals surface area contributed by atoms with E-state index in [1.54, 1.807) is 11.3 Å². The average Bonchev–Trinajstić information content (AvgIpc) is 3.53. The van der Waals surface area contributed by atoms with Crippen molar-refractivity contribution < 1.29 is 27.9 Å². The van der Waals surface area contributed by atoms with E-state index in [0.29, 0.717) is 31.2 Å². The molecule has 1 aliphatic carbocycles. The number of nitrogens with zero attached hydrogens (tertiary/aromatic N) is 2. The number of ketones is 2. The van der Waals surface area contributed by atoms with Crippen LogP contribution in [-0.2, 0) is 16.6 Å². The normalized spacial score (nSPS) is 25.1. The van der Waals surface area contributed by atoms with E-state index in [2.05, 4.69) is 23.7 Å². The second kappa shape index (κ2) is 11.3. The molecule has 202 valence electrons. The van der Waals surface area contributed by atoms with Gasteiger partial charge in [-0.2, -0.15) is 13.2 Å². The summed E-state index contributed by atoms with van der Waals surface area (Å²) in [7, 11) is 0. The molecule has 4 rings (SSSR count). The second-order valence-corrected chi connectivity index (χ2v) is 11.9. The van der Waals surface area contributed by atoms with Crippen molar-refractivity contribution in [3.63, 3.8) is 0 Å². The van der Waals surface area contributed by atoms with Gasteiger partial charge in [0.05, 0.1) is 15.4 Å². The van der Waals surface area contributed by atoms with E-state index in [1.807, 2.05) is 6.20 Å².